The molecule has 0 spiro atoms. The number of rotatable bonds is 5. The van der Waals surface area contributed by atoms with E-state index in [9.17, 15) is 0 Å². The number of hydrogen-bond acceptors (Lipinski definition) is 3. The SMILES string of the molecule is CCC1CCCN(C(c2ccc(OC)cc2)C(C)N)C1. The molecule has 1 aliphatic rings. The number of nitrogens with zero attached hydrogens (tertiary/aromatic N) is 1. The molecule has 0 saturated carbocycles. The average Bonchev–Trinajstić information content (AvgIpc) is 2.48. The van der Waals surface area contributed by atoms with Crippen LogP contribution in [0.4, 0.5) is 0 Å². The van der Waals surface area contributed by atoms with Crippen molar-refractivity contribution in [1.29, 1.82) is 0 Å². The number of methoxy groups -OCH3 is 1. The van der Waals surface area contributed by atoms with E-state index in [0.717, 1.165) is 18.2 Å². The highest BCUT2D eigenvalue weighted by molar-refractivity contribution is 5.30. The third-order valence-corrected chi connectivity index (χ3v) is 4.48. The molecule has 3 heteroatoms. The zero-order valence-corrected chi connectivity index (χ0v) is 13.0. The lowest BCUT2D eigenvalue weighted by Crippen LogP contribution is -2.44. The zero-order valence-electron chi connectivity index (χ0n) is 13.0. The number of nitrogens with two attached hydrogens (primary N) is 1. The predicted molar refractivity (Wildman–Crippen MR) is 84.0 cm³/mol. The summed E-state index contributed by atoms with van der Waals surface area (Å²) in [5.41, 5.74) is 7.59. The van der Waals surface area contributed by atoms with E-state index in [1.54, 1.807) is 7.11 Å². The van der Waals surface area contributed by atoms with Gasteiger partial charge in [0.05, 0.1) is 7.11 Å². The van der Waals surface area contributed by atoms with Gasteiger partial charge in [0.1, 0.15) is 5.75 Å². The molecule has 2 rings (SSSR count). The fourth-order valence-electron chi connectivity index (χ4n) is 3.33. The van der Waals surface area contributed by atoms with Gasteiger partial charge in [0, 0.05) is 18.6 Å². The van der Waals surface area contributed by atoms with Gasteiger partial charge in [-0.1, -0.05) is 25.5 Å². The number of ether oxygens (including phenoxy) is 1. The number of piperidine rings is 1. The van der Waals surface area contributed by atoms with Crippen LogP contribution in [0.15, 0.2) is 24.3 Å². The maximum absolute atomic E-state index is 6.28. The summed E-state index contributed by atoms with van der Waals surface area (Å²) >= 11 is 0. The van der Waals surface area contributed by atoms with Crippen LogP contribution >= 0.6 is 0 Å². The number of benzene rings is 1. The van der Waals surface area contributed by atoms with Crippen LogP contribution in [0.1, 0.15) is 44.7 Å². The Labute approximate surface area is 123 Å². The van der Waals surface area contributed by atoms with E-state index in [1.807, 2.05) is 12.1 Å². The van der Waals surface area contributed by atoms with E-state index in [0.29, 0.717) is 6.04 Å². The highest BCUT2D eigenvalue weighted by atomic mass is 16.5. The maximum Gasteiger partial charge on any atom is 0.118 e. The quantitative estimate of drug-likeness (QED) is 0.897. The molecular weight excluding hydrogens is 248 g/mol. The first kappa shape index (κ1) is 15.3. The lowest BCUT2D eigenvalue weighted by Gasteiger charge is -2.40. The summed E-state index contributed by atoms with van der Waals surface area (Å²) < 4.78 is 5.24. The third kappa shape index (κ3) is 3.53. The summed E-state index contributed by atoms with van der Waals surface area (Å²) in [7, 11) is 1.70. The fourth-order valence-corrected chi connectivity index (χ4v) is 3.33. The predicted octanol–water partition coefficient (Wildman–Crippen LogP) is 3.21. The fraction of sp³-hybridized carbons (Fsp3) is 0.647. The first-order chi connectivity index (χ1) is 9.65. The number of hydrogen-bond donors (Lipinski definition) is 1. The Kier molecular flexibility index (Phi) is 5.44. The monoisotopic (exact) mass is 276 g/mol. The molecule has 1 aromatic rings. The van der Waals surface area contributed by atoms with Gasteiger partial charge in [-0.15, -0.1) is 0 Å². The highest BCUT2D eigenvalue weighted by Gasteiger charge is 2.28. The van der Waals surface area contributed by atoms with Gasteiger partial charge in [0.15, 0.2) is 0 Å². The second-order valence-electron chi connectivity index (χ2n) is 5.99. The second kappa shape index (κ2) is 7.09. The molecule has 0 aliphatic carbocycles. The molecule has 20 heavy (non-hydrogen) atoms. The first-order valence-electron chi connectivity index (χ1n) is 7.79. The first-order valence-corrected chi connectivity index (χ1v) is 7.79. The van der Waals surface area contributed by atoms with E-state index in [2.05, 4.69) is 30.9 Å². The molecule has 0 amide bonds. The largest absolute Gasteiger partial charge is 0.497 e. The molecule has 0 aromatic heterocycles. The van der Waals surface area contributed by atoms with Crippen molar-refractivity contribution in [2.75, 3.05) is 20.2 Å². The molecule has 2 N–H and O–H groups in total. The standard InChI is InChI=1S/C17H28N2O/c1-4-14-6-5-11-19(12-14)17(13(2)18)15-7-9-16(20-3)10-8-15/h7-10,13-14,17H,4-6,11-12,18H2,1-3H3. The van der Waals surface area contributed by atoms with Crippen LogP contribution in [0.2, 0.25) is 0 Å². The minimum atomic E-state index is 0.138. The molecule has 1 aromatic carbocycles. The lowest BCUT2D eigenvalue weighted by molar-refractivity contribution is 0.108. The van der Waals surface area contributed by atoms with Gasteiger partial charge in [-0.05, 0) is 49.9 Å². The van der Waals surface area contributed by atoms with Crippen LogP contribution in [-0.2, 0) is 0 Å². The molecule has 1 aliphatic heterocycles. The summed E-state index contributed by atoms with van der Waals surface area (Å²) in [4.78, 5) is 2.57. The summed E-state index contributed by atoms with van der Waals surface area (Å²) in [6, 6.07) is 8.83. The summed E-state index contributed by atoms with van der Waals surface area (Å²) in [6.45, 7) is 6.75. The zero-order chi connectivity index (χ0) is 14.5. The lowest BCUT2D eigenvalue weighted by atomic mass is 9.91. The van der Waals surface area contributed by atoms with Crippen molar-refractivity contribution in [3.8, 4) is 5.75 Å². The van der Waals surface area contributed by atoms with Gasteiger partial charge in [0.2, 0.25) is 0 Å². The van der Waals surface area contributed by atoms with Gasteiger partial charge in [-0.3, -0.25) is 4.90 Å². The van der Waals surface area contributed by atoms with Crippen LogP contribution in [0.25, 0.3) is 0 Å². The van der Waals surface area contributed by atoms with E-state index < -0.39 is 0 Å². The molecular formula is C17H28N2O. The van der Waals surface area contributed by atoms with Crippen LogP contribution in [0, 0.1) is 5.92 Å². The molecule has 3 unspecified atom stereocenters. The van der Waals surface area contributed by atoms with Crippen molar-refractivity contribution >= 4 is 0 Å². The van der Waals surface area contributed by atoms with Gasteiger partial charge in [-0.2, -0.15) is 0 Å². The van der Waals surface area contributed by atoms with E-state index in [-0.39, 0.29) is 6.04 Å². The Bertz CT molecular complexity index is 402. The molecule has 0 bridgehead atoms. The van der Waals surface area contributed by atoms with Crippen molar-refractivity contribution in [1.82, 2.24) is 4.90 Å². The normalized spacial score (nSPS) is 23.3. The van der Waals surface area contributed by atoms with Crippen LogP contribution < -0.4 is 10.5 Å². The van der Waals surface area contributed by atoms with Gasteiger partial charge < -0.3 is 10.5 Å². The molecule has 1 fully saturated rings. The Morgan fingerprint density at radius 2 is 2.05 bits per heavy atom. The highest BCUT2D eigenvalue weighted by Crippen LogP contribution is 2.30. The Hall–Kier alpha value is -1.06. The van der Waals surface area contributed by atoms with Gasteiger partial charge in [0.25, 0.3) is 0 Å². The van der Waals surface area contributed by atoms with Crippen LogP contribution in [0.3, 0.4) is 0 Å². The molecule has 1 heterocycles. The van der Waals surface area contributed by atoms with Gasteiger partial charge in [-0.25, -0.2) is 0 Å². The second-order valence-corrected chi connectivity index (χ2v) is 5.99. The smallest absolute Gasteiger partial charge is 0.118 e. The third-order valence-electron chi connectivity index (χ3n) is 4.48. The molecule has 1 saturated heterocycles. The average molecular weight is 276 g/mol. The number of likely N-dealkylation sites (tertiary alicyclic amines) is 1. The van der Waals surface area contributed by atoms with E-state index in [1.165, 1.54) is 31.4 Å². The summed E-state index contributed by atoms with van der Waals surface area (Å²) in [5, 5.41) is 0. The van der Waals surface area contributed by atoms with Gasteiger partial charge >= 0.3 is 0 Å². The van der Waals surface area contributed by atoms with Crippen molar-refractivity contribution in [2.24, 2.45) is 11.7 Å². The minimum absolute atomic E-state index is 0.138. The molecule has 0 radical (unpaired) electrons. The Morgan fingerprint density at radius 3 is 2.60 bits per heavy atom. The van der Waals surface area contributed by atoms with Crippen molar-refractivity contribution < 1.29 is 4.74 Å². The molecule has 112 valence electrons. The summed E-state index contributed by atoms with van der Waals surface area (Å²) in [6.07, 6.45) is 3.92. The van der Waals surface area contributed by atoms with E-state index >= 15 is 0 Å². The molecule has 3 nitrogen and oxygen atoms in total. The van der Waals surface area contributed by atoms with Crippen LogP contribution in [-0.4, -0.2) is 31.1 Å². The topological polar surface area (TPSA) is 38.5 Å². The summed E-state index contributed by atoms with van der Waals surface area (Å²) in [5.74, 6) is 1.73. The Morgan fingerprint density at radius 1 is 1.35 bits per heavy atom. The maximum atomic E-state index is 6.28. The Balaban J connectivity index is 2.17. The van der Waals surface area contributed by atoms with Crippen molar-refractivity contribution in [3.05, 3.63) is 29.8 Å². The van der Waals surface area contributed by atoms with E-state index in [4.69, 9.17) is 10.5 Å². The van der Waals surface area contributed by atoms with Crippen molar-refractivity contribution in [3.63, 3.8) is 0 Å². The van der Waals surface area contributed by atoms with Crippen molar-refractivity contribution in [2.45, 2.75) is 45.2 Å². The molecule has 3 atom stereocenters. The van der Waals surface area contributed by atoms with Crippen LogP contribution in [0.5, 0.6) is 5.75 Å². The minimum Gasteiger partial charge on any atom is -0.497 e.